The van der Waals surface area contributed by atoms with Gasteiger partial charge in [0.1, 0.15) is 11.4 Å². The van der Waals surface area contributed by atoms with E-state index in [4.69, 9.17) is 4.74 Å². The van der Waals surface area contributed by atoms with Gasteiger partial charge in [-0.25, -0.2) is 0 Å². The minimum atomic E-state index is -4.43. The molecule has 7 heteroatoms. The molecule has 0 aliphatic heterocycles. The van der Waals surface area contributed by atoms with Crippen LogP contribution >= 0.6 is 0 Å². The minimum absolute atomic E-state index is 0.158. The van der Waals surface area contributed by atoms with E-state index in [1.54, 1.807) is 30.3 Å². The number of amides is 1. The molecule has 3 aromatic rings. The van der Waals surface area contributed by atoms with E-state index in [1.807, 2.05) is 6.92 Å². The summed E-state index contributed by atoms with van der Waals surface area (Å²) in [5.74, 6) is 0.482. The number of aromatic amines is 1. The summed E-state index contributed by atoms with van der Waals surface area (Å²) in [7, 11) is 0. The molecule has 1 aromatic heterocycles. The van der Waals surface area contributed by atoms with Crippen LogP contribution in [0.4, 0.5) is 18.9 Å². The molecule has 2 N–H and O–H groups in total. The number of rotatable bonds is 5. The summed E-state index contributed by atoms with van der Waals surface area (Å²) in [5, 5.41) is 3.09. The molecule has 0 atom stereocenters. The number of anilines is 1. The van der Waals surface area contributed by atoms with Crippen LogP contribution < -0.4 is 10.1 Å². The number of alkyl halides is 3. The highest BCUT2D eigenvalue weighted by molar-refractivity contribution is 5.95. The van der Waals surface area contributed by atoms with Gasteiger partial charge in [-0.05, 0) is 48.9 Å². The second kappa shape index (κ2) is 7.11. The molecule has 0 spiro atoms. The first-order valence-electron chi connectivity index (χ1n) is 8.06. The number of nitrogens with one attached hydrogen (secondary N) is 2. The zero-order valence-electron chi connectivity index (χ0n) is 14.0. The SMILES string of the molecule is CCOc1ccc(CC(=O)Nc2ccc3[nH]c(C(F)(F)F)cc3c2)cc1. The fraction of sp³-hybridized carbons (Fsp3) is 0.211. The Morgan fingerprint density at radius 3 is 2.50 bits per heavy atom. The lowest BCUT2D eigenvalue weighted by molar-refractivity contribution is -0.140. The molecule has 4 nitrogen and oxygen atoms in total. The van der Waals surface area contributed by atoms with E-state index in [-0.39, 0.29) is 12.3 Å². The van der Waals surface area contributed by atoms with E-state index in [2.05, 4.69) is 10.3 Å². The Balaban J connectivity index is 1.68. The van der Waals surface area contributed by atoms with Gasteiger partial charge in [-0.15, -0.1) is 0 Å². The van der Waals surface area contributed by atoms with E-state index >= 15 is 0 Å². The molecule has 1 heterocycles. The second-order valence-corrected chi connectivity index (χ2v) is 5.78. The standard InChI is InChI=1S/C19H17F3N2O2/c1-2-26-15-6-3-12(4-7-15)9-18(25)23-14-5-8-16-13(10-14)11-17(24-16)19(20,21)22/h3-8,10-11,24H,2,9H2,1H3,(H,23,25). The highest BCUT2D eigenvalue weighted by atomic mass is 19.4. The van der Waals surface area contributed by atoms with Crippen molar-refractivity contribution in [3.63, 3.8) is 0 Å². The van der Waals surface area contributed by atoms with E-state index < -0.39 is 11.9 Å². The van der Waals surface area contributed by atoms with Crippen LogP contribution in [0.3, 0.4) is 0 Å². The average Bonchev–Trinajstić information content (AvgIpc) is 3.00. The van der Waals surface area contributed by atoms with Crippen molar-refractivity contribution in [3.8, 4) is 5.75 Å². The molecule has 0 aliphatic carbocycles. The summed E-state index contributed by atoms with van der Waals surface area (Å²) in [5.41, 5.74) is 0.807. The molecule has 136 valence electrons. The zero-order chi connectivity index (χ0) is 18.7. The molecule has 0 aliphatic rings. The first-order chi connectivity index (χ1) is 12.3. The highest BCUT2D eigenvalue weighted by Gasteiger charge is 2.32. The third-order valence-corrected chi connectivity index (χ3v) is 3.81. The maximum Gasteiger partial charge on any atom is 0.431 e. The Bertz CT molecular complexity index is 915. The van der Waals surface area contributed by atoms with Crippen molar-refractivity contribution < 1.29 is 22.7 Å². The summed E-state index contributed by atoms with van der Waals surface area (Å²) >= 11 is 0. The topological polar surface area (TPSA) is 54.1 Å². The molecular formula is C19H17F3N2O2. The molecule has 0 saturated carbocycles. The van der Waals surface area contributed by atoms with Crippen molar-refractivity contribution in [2.75, 3.05) is 11.9 Å². The molecule has 2 aromatic carbocycles. The second-order valence-electron chi connectivity index (χ2n) is 5.78. The Labute approximate surface area is 148 Å². The van der Waals surface area contributed by atoms with E-state index in [0.29, 0.717) is 23.2 Å². The zero-order valence-corrected chi connectivity index (χ0v) is 14.0. The smallest absolute Gasteiger partial charge is 0.431 e. The summed E-state index contributed by atoms with van der Waals surface area (Å²) in [4.78, 5) is 14.5. The Kier molecular flexibility index (Phi) is 4.88. The van der Waals surface area contributed by atoms with Gasteiger partial charge in [0.15, 0.2) is 0 Å². The minimum Gasteiger partial charge on any atom is -0.494 e. The molecule has 26 heavy (non-hydrogen) atoms. The Hall–Kier alpha value is -2.96. The average molecular weight is 362 g/mol. The third kappa shape index (κ3) is 4.17. The Morgan fingerprint density at radius 2 is 1.85 bits per heavy atom. The number of hydrogen-bond donors (Lipinski definition) is 2. The fourth-order valence-corrected chi connectivity index (χ4v) is 2.62. The maximum atomic E-state index is 12.7. The number of carbonyl (C=O) groups excluding carboxylic acids is 1. The quantitative estimate of drug-likeness (QED) is 0.687. The van der Waals surface area contributed by atoms with Crippen molar-refractivity contribution in [1.29, 1.82) is 0 Å². The van der Waals surface area contributed by atoms with Crippen molar-refractivity contribution in [1.82, 2.24) is 4.98 Å². The predicted octanol–water partition coefficient (Wildman–Crippen LogP) is 4.77. The number of ether oxygens (including phenoxy) is 1. The van der Waals surface area contributed by atoms with Crippen LogP contribution in [0.25, 0.3) is 10.9 Å². The van der Waals surface area contributed by atoms with E-state index in [9.17, 15) is 18.0 Å². The largest absolute Gasteiger partial charge is 0.494 e. The van der Waals surface area contributed by atoms with Crippen LogP contribution in [0, 0.1) is 0 Å². The predicted molar refractivity (Wildman–Crippen MR) is 93.2 cm³/mol. The monoisotopic (exact) mass is 362 g/mol. The molecule has 1 amide bonds. The first kappa shape index (κ1) is 17.8. The number of aromatic nitrogens is 1. The molecule has 0 radical (unpaired) electrons. The summed E-state index contributed by atoms with van der Waals surface area (Å²) < 4.78 is 43.6. The van der Waals surface area contributed by atoms with Gasteiger partial charge in [-0.2, -0.15) is 13.2 Å². The number of benzene rings is 2. The number of H-pyrrole nitrogens is 1. The van der Waals surface area contributed by atoms with Gasteiger partial charge in [0.25, 0.3) is 0 Å². The van der Waals surface area contributed by atoms with E-state index in [1.165, 1.54) is 12.1 Å². The van der Waals surface area contributed by atoms with Crippen LogP contribution in [-0.2, 0) is 17.4 Å². The third-order valence-electron chi connectivity index (χ3n) is 3.81. The van der Waals surface area contributed by atoms with Gasteiger partial charge in [-0.1, -0.05) is 12.1 Å². The number of hydrogen-bond acceptors (Lipinski definition) is 2. The van der Waals surface area contributed by atoms with Crippen molar-refractivity contribution in [2.24, 2.45) is 0 Å². The van der Waals surface area contributed by atoms with Crippen LogP contribution in [0.1, 0.15) is 18.2 Å². The Morgan fingerprint density at radius 1 is 1.12 bits per heavy atom. The molecule has 0 unspecified atom stereocenters. The lowest BCUT2D eigenvalue weighted by Gasteiger charge is -2.07. The summed E-state index contributed by atoms with van der Waals surface area (Å²) in [6, 6.07) is 12.8. The summed E-state index contributed by atoms with van der Waals surface area (Å²) in [6.07, 6.45) is -4.28. The van der Waals surface area contributed by atoms with Crippen molar-refractivity contribution in [2.45, 2.75) is 19.5 Å². The molecule has 0 saturated heterocycles. The van der Waals surface area contributed by atoms with Crippen molar-refractivity contribution in [3.05, 3.63) is 59.8 Å². The summed E-state index contributed by atoms with van der Waals surface area (Å²) in [6.45, 7) is 2.46. The molecule has 0 fully saturated rings. The number of halogens is 3. The fourth-order valence-electron chi connectivity index (χ4n) is 2.62. The molecule has 3 rings (SSSR count). The molecule has 0 bridgehead atoms. The normalized spacial score (nSPS) is 11.5. The van der Waals surface area contributed by atoms with Crippen LogP contribution in [0.15, 0.2) is 48.5 Å². The van der Waals surface area contributed by atoms with Crippen LogP contribution in [-0.4, -0.2) is 17.5 Å². The number of carbonyl (C=O) groups is 1. The lowest BCUT2D eigenvalue weighted by Crippen LogP contribution is -2.14. The van der Waals surface area contributed by atoms with Crippen LogP contribution in [0.2, 0.25) is 0 Å². The van der Waals surface area contributed by atoms with Gasteiger partial charge in [0.05, 0.1) is 13.0 Å². The first-order valence-corrected chi connectivity index (χ1v) is 8.06. The maximum absolute atomic E-state index is 12.7. The van der Waals surface area contributed by atoms with Gasteiger partial charge < -0.3 is 15.0 Å². The van der Waals surface area contributed by atoms with Gasteiger partial charge in [-0.3, -0.25) is 4.79 Å². The van der Waals surface area contributed by atoms with Gasteiger partial charge in [0.2, 0.25) is 5.91 Å². The highest BCUT2D eigenvalue weighted by Crippen LogP contribution is 2.31. The van der Waals surface area contributed by atoms with Crippen LogP contribution in [0.5, 0.6) is 5.75 Å². The van der Waals surface area contributed by atoms with E-state index in [0.717, 1.165) is 17.4 Å². The van der Waals surface area contributed by atoms with Gasteiger partial charge >= 0.3 is 6.18 Å². The van der Waals surface area contributed by atoms with Gasteiger partial charge in [0, 0.05) is 16.6 Å². The van der Waals surface area contributed by atoms with Crippen molar-refractivity contribution >= 4 is 22.5 Å². The number of fused-ring (bicyclic) bond motifs is 1. The lowest BCUT2D eigenvalue weighted by atomic mass is 10.1. The molecular weight excluding hydrogens is 345 g/mol.